The Morgan fingerprint density at radius 3 is 2.44 bits per heavy atom. The highest BCUT2D eigenvalue weighted by atomic mass is 35.5. The van der Waals surface area contributed by atoms with Crippen LogP contribution in [0.2, 0.25) is 0 Å². The van der Waals surface area contributed by atoms with E-state index in [1.54, 1.807) is 0 Å². The van der Waals surface area contributed by atoms with E-state index in [0.29, 0.717) is 12.4 Å². The molecular weight excluding hydrogens is 226 g/mol. The first kappa shape index (κ1) is 12.4. The Labute approximate surface area is 98.9 Å². The maximum absolute atomic E-state index is 11.1. The van der Waals surface area contributed by atoms with Crippen molar-refractivity contribution < 1.29 is 0 Å². The van der Waals surface area contributed by atoms with Crippen molar-refractivity contribution in [3.63, 3.8) is 0 Å². The third-order valence-electron chi connectivity index (χ3n) is 2.13. The zero-order chi connectivity index (χ0) is 10.7. The number of benzene rings is 1. The molecule has 0 atom stereocenters. The minimum Gasteiger partial charge on any atom is -0.326 e. The molecule has 3 N–H and O–H groups in total. The molecule has 1 heterocycles. The first-order chi connectivity index (χ1) is 7.29. The third kappa shape index (κ3) is 2.68. The van der Waals surface area contributed by atoms with Gasteiger partial charge in [0, 0.05) is 24.4 Å². The number of aromatic amines is 1. The van der Waals surface area contributed by atoms with Crippen molar-refractivity contribution in [2.45, 2.75) is 6.54 Å². The van der Waals surface area contributed by atoms with Crippen LogP contribution in [0.1, 0.15) is 5.56 Å². The number of nitrogens with one attached hydrogen (secondary N) is 1. The molecule has 2 rings (SSSR count). The molecule has 0 unspecified atom stereocenters. The van der Waals surface area contributed by atoms with E-state index >= 15 is 0 Å². The first-order valence-electron chi connectivity index (χ1n) is 4.64. The summed E-state index contributed by atoms with van der Waals surface area (Å²) in [7, 11) is 0. The Balaban J connectivity index is 0.00000128. The second-order valence-corrected chi connectivity index (χ2v) is 3.18. The summed E-state index contributed by atoms with van der Waals surface area (Å²) in [6.45, 7) is 0.513. The van der Waals surface area contributed by atoms with Crippen LogP contribution in [-0.2, 0) is 6.54 Å². The average molecular weight is 238 g/mol. The molecule has 0 aliphatic carbocycles. The fourth-order valence-corrected chi connectivity index (χ4v) is 1.32. The van der Waals surface area contributed by atoms with Gasteiger partial charge in [0.05, 0.1) is 0 Å². The van der Waals surface area contributed by atoms with E-state index < -0.39 is 0 Å². The normalized spacial score (nSPS) is 9.56. The van der Waals surface area contributed by atoms with Crippen LogP contribution in [0, 0.1) is 0 Å². The van der Waals surface area contributed by atoms with Crippen LogP contribution < -0.4 is 11.3 Å². The highest BCUT2D eigenvalue weighted by molar-refractivity contribution is 5.85. The van der Waals surface area contributed by atoms with Gasteiger partial charge in [-0.15, -0.1) is 12.4 Å². The lowest BCUT2D eigenvalue weighted by Crippen LogP contribution is -2.05. The number of rotatable bonds is 2. The van der Waals surface area contributed by atoms with Gasteiger partial charge in [0.15, 0.2) is 0 Å². The third-order valence-corrected chi connectivity index (χ3v) is 2.13. The monoisotopic (exact) mass is 237 g/mol. The van der Waals surface area contributed by atoms with Gasteiger partial charge in [-0.25, -0.2) is 4.98 Å². The Morgan fingerprint density at radius 2 is 1.88 bits per heavy atom. The fourth-order valence-electron chi connectivity index (χ4n) is 1.32. The molecular formula is C11H12ClN3O. The lowest BCUT2D eigenvalue weighted by molar-refractivity contribution is 1.07. The molecule has 0 aliphatic heterocycles. The molecule has 16 heavy (non-hydrogen) atoms. The summed E-state index contributed by atoms with van der Waals surface area (Å²) < 4.78 is 0. The predicted molar refractivity (Wildman–Crippen MR) is 65.4 cm³/mol. The van der Waals surface area contributed by atoms with Crippen LogP contribution in [0.25, 0.3) is 11.4 Å². The number of H-pyrrole nitrogens is 1. The summed E-state index contributed by atoms with van der Waals surface area (Å²) in [6, 6.07) is 9.00. The molecule has 2 aromatic rings. The van der Waals surface area contributed by atoms with Crippen molar-refractivity contribution in [2.75, 3.05) is 0 Å². The maximum atomic E-state index is 11.1. The lowest BCUT2D eigenvalue weighted by atomic mass is 10.1. The molecule has 0 bridgehead atoms. The first-order valence-corrected chi connectivity index (χ1v) is 4.64. The van der Waals surface area contributed by atoms with Crippen molar-refractivity contribution in [1.82, 2.24) is 9.97 Å². The summed E-state index contributed by atoms with van der Waals surface area (Å²) in [5.41, 5.74) is 7.27. The van der Waals surface area contributed by atoms with Crippen molar-refractivity contribution >= 4 is 12.4 Å². The fraction of sp³-hybridized carbons (Fsp3) is 0.0909. The largest absolute Gasteiger partial charge is 0.326 e. The predicted octanol–water partition coefficient (Wildman–Crippen LogP) is 1.32. The van der Waals surface area contributed by atoms with E-state index in [2.05, 4.69) is 9.97 Å². The summed E-state index contributed by atoms with van der Waals surface area (Å²) in [5, 5.41) is 0. The smallest absolute Gasteiger partial charge is 0.251 e. The van der Waals surface area contributed by atoms with Gasteiger partial charge in [-0.05, 0) is 5.56 Å². The highest BCUT2D eigenvalue weighted by Crippen LogP contribution is 2.13. The molecule has 1 aromatic carbocycles. The van der Waals surface area contributed by atoms with Crippen LogP contribution in [0.3, 0.4) is 0 Å². The Hall–Kier alpha value is -1.65. The second kappa shape index (κ2) is 5.44. The molecule has 4 nitrogen and oxygen atoms in total. The van der Waals surface area contributed by atoms with Crippen LogP contribution in [0.15, 0.2) is 41.3 Å². The quantitative estimate of drug-likeness (QED) is 0.828. The number of halogens is 1. The van der Waals surface area contributed by atoms with Gasteiger partial charge in [-0.1, -0.05) is 24.3 Å². The van der Waals surface area contributed by atoms with E-state index in [1.807, 2.05) is 24.3 Å². The lowest BCUT2D eigenvalue weighted by Gasteiger charge is -2.01. The Morgan fingerprint density at radius 1 is 1.19 bits per heavy atom. The minimum absolute atomic E-state index is 0. The topological polar surface area (TPSA) is 71.8 Å². The molecule has 1 aromatic heterocycles. The van der Waals surface area contributed by atoms with Crippen LogP contribution >= 0.6 is 12.4 Å². The molecule has 5 heteroatoms. The van der Waals surface area contributed by atoms with Gasteiger partial charge in [-0.2, -0.15) is 0 Å². The molecule has 0 saturated carbocycles. The van der Waals surface area contributed by atoms with Crippen molar-refractivity contribution in [3.05, 3.63) is 52.4 Å². The van der Waals surface area contributed by atoms with Crippen molar-refractivity contribution in [2.24, 2.45) is 5.73 Å². The number of nitrogens with zero attached hydrogens (tertiary/aromatic N) is 1. The van der Waals surface area contributed by atoms with Crippen LogP contribution in [-0.4, -0.2) is 9.97 Å². The van der Waals surface area contributed by atoms with Crippen molar-refractivity contribution in [3.8, 4) is 11.4 Å². The second-order valence-electron chi connectivity index (χ2n) is 3.18. The summed E-state index contributed by atoms with van der Waals surface area (Å²) in [5.74, 6) is 0.575. The Bertz CT molecular complexity index is 507. The average Bonchev–Trinajstić information content (AvgIpc) is 2.29. The van der Waals surface area contributed by atoms with E-state index in [4.69, 9.17) is 5.73 Å². The molecule has 84 valence electrons. The molecule has 0 spiro atoms. The van der Waals surface area contributed by atoms with Gasteiger partial charge in [0.25, 0.3) is 5.56 Å². The van der Waals surface area contributed by atoms with Gasteiger partial charge in [-0.3, -0.25) is 4.79 Å². The SMILES string of the molecule is Cl.NCc1ccc(-c2nccc(=O)[nH]2)cc1. The molecule has 0 fully saturated rings. The Kier molecular flexibility index (Phi) is 4.22. The van der Waals surface area contributed by atoms with E-state index in [-0.39, 0.29) is 18.0 Å². The number of aromatic nitrogens is 2. The summed E-state index contributed by atoms with van der Waals surface area (Å²) in [6.07, 6.45) is 1.49. The highest BCUT2D eigenvalue weighted by Gasteiger charge is 1.99. The minimum atomic E-state index is -0.150. The van der Waals surface area contributed by atoms with Crippen LogP contribution in [0.5, 0.6) is 0 Å². The number of hydrogen-bond donors (Lipinski definition) is 2. The van der Waals surface area contributed by atoms with Gasteiger partial charge >= 0.3 is 0 Å². The van der Waals surface area contributed by atoms with Gasteiger partial charge in [0.2, 0.25) is 0 Å². The number of hydrogen-bond acceptors (Lipinski definition) is 3. The maximum Gasteiger partial charge on any atom is 0.251 e. The molecule has 0 aliphatic rings. The van der Waals surface area contributed by atoms with Gasteiger partial charge in [0.1, 0.15) is 5.82 Å². The standard InChI is InChI=1S/C11H11N3O.ClH/c12-7-8-1-3-9(4-2-8)11-13-6-5-10(15)14-11;/h1-6H,7,12H2,(H,13,14,15);1H. The van der Waals surface area contributed by atoms with E-state index in [9.17, 15) is 4.79 Å². The zero-order valence-electron chi connectivity index (χ0n) is 8.51. The molecule has 0 saturated heterocycles. The van der Waals surface area contributed by atoms with Crippen LogP contribution in [0.4, 0.5) is 0 Å². The van der Waals surface area contributed by atoms with Gasteiger partial charge < -0.3 is 10.7 Å². The number of nitrogens with two attached hydrogens (primary N) is 1. The molecule has 0 amide bonds. The van der Waals surface area contributed by atoms with E-state index in [0.717, 1.165) is 11.1 Å². The van der Waals surface area contributed by atoms with E-state index in [1.165, 1.54) is 12.3 Å². The summed E-state index contributed by atoms with van der Waals surface area (Å²) >= 11 is 0. The zero-order valence-corrected chi connectivity index (χ0v) is 9.33. The van der Waals surface area contributed by atoms with Crippen molar-refractivity contribution in [1.29, 1.82) is 0 Å². The molecule has 0 radical (unpaired) electrons. The summed E-state index contributed by atoms with van der Waals surface area (Å²) in [4.78, 5) is 17.8.